The number of nitrogens with one attached hydrogen (secondary N) is 3. The molecule has 1 amide bonds. The molecule has 0 atom stereocenters. The highest BCUT2D eigenvalue weighted by Crippen LogP contribution is 2.22. The summed E-state index contributed by atoms with van der Waals surface area (Å²) in [5.74, 6) is 0.294. The second kappa shape index (κ2) is 8.83. The van der Waals surface area contributed by atoms with Crippen molar-refractivity contribution < 1.29 is 4.79 Å². The third-order valence-corrected chi connectivity index (χ3v) is 4.44. The molecule has 0 aromatic heterocycles. The predicted octanol–water partition coefficient (Wildman–Crippen LogP) is 4.70. The Kier molecular flexibility index (Phi) is 6.79. The van der Waals surface area contributed by atoms with Crippen LogP contribution in [0.4, 0.5) is 11.4 Å². The quantitative estimate of drug-likeness (QED) is 0.663. The molecule has 0 aliphatic rings. The summed E-state index contributed by atoms with van der Waals surface area (Å²) in [4.78, 5) is 12.0. The Labute approximate surface area is 159 Å². The summed E-state index contributed by atoms with van der Waals surface area (Å²) in [5.41, 5.74) is 3.68. The molecule has 2 aromatic rings. The van der Waals surface area contributed by atoms with Crippen LogP contribution in [0.1, 0.15) is 30.9 Å². The second-order valence-corrected chi connectivity index (χ2v) is 6.86. The lowest BCUT2D eigenvalue weighted by atomic mass is 10.0. The lowest BCUT2D eigenvalue weighted by Crippen LogP contribution is -2.35. The Bertz CT molecular complexity index is 760. The van der Waals surface area contributed by atoms with Crippen molar-refractivity contribution in [1.82, 2.24) is 5.32 Å². The topological polar surface area (TPSA) is 53.2 Å². The first kappa shape index (κ1) is 19.2. The summed E-state index contributed by atoms with van der Waals surface area (Å²) < 4.78 is 0. The fraction of sp³-hybridized carbons (Fsp3) is 0.263. The highest BCUT2D eigenvalue weighted by molar-refractivity contribution is 7.80. The van der Waals surface area contributed by atoms with Crippen LogP contribution < -0.4 is 16.0 Å². The molecule has 0 saturated carbocycles. The molecule has 0 heterocycles. The molecular weight excluding hydrogens is 354 g/mol. The molecule has 0 bridgehead atoms. The van der Waals surface area contributed by atoms with Crippen LogP contribution in [0, 0.1) is 6.92 Å². The number of hydrogen-bond acceptors (Lipinski definition) is 2. The summed E-state index contributed by atoms with van der Waals surface area (Å²) in [6.07, 6.45) is 0. The van der Waals surface area contributed by atoms with Crippen molar-refractivity contribution in [1.29, 1.82) is 0 Å². The molecule has 132 valence electrons. The van der Waals surface area contributed by atoms with Crippen molar-refractivity contribution in [3.8, 4) is 0 Å². The number of carbonyl (C=O) groups excluding carboxylic acids is 1. The number of amides is 1. The van der Waals surface area contributed by atoms with Crippen LogP contribution in [0.5, 0.6) is 0 Å². The van der Waals surface area contributed by atoms with Gasteiger partial charge in [0.15, 0.2) is 5.11 Å². The fourth-order valence-corrected chi connectivity index (χ4v) is 2.59. The van der Waals surface area contributed by atoms with Gasteiger partial charge in [0.2, 0.25) is 5.91 Å². The fourth-order valence-electron chi connectivity index (χ4n) is 2.22. The molecule has 0 radical (unpaired) electrons. The van der Waals surface area contributed by atoms with E-state index in [0.717, 1.165) is 11.3 Å². The van der Waals surface area contributed by atoms with Crippen LogP contribution in [-0.4, -0.2) is 17.6 Å². The Hall–Kier alpha value is -2.11. The van der Waals surface area contributed by atoms with Gasteiger partial charge in [0, 0.05) is 16.4 Å². The molecule has 0 unspecified atom stereocenters. The maximum atomic E-state index is 12.0. The van der Waals surface area contributed by atoms with Crippen molar-refractivity contribution in [2.24, 2.45) is 0 Å². The summed E-state index contributed by atoms with van der Waals surface area (Å²) in [6.45, 7) is 6.23. The van der Waals surface area contributed by atoms with Crippen molar-refractivity contribution in [3.05, 3.63) is 58.6 Å². The van der Waals surface area contributed by atoms with E-state index in [4.69, 9.17) is 23.8 Å². The molecule has 0 fully saturated rings. The van der Waals surface area contributed by atoms with Gasteiger partial charge in [0.1, 0.15) is 0 Å². The molecule has 0 aliphatic heterocycles. The second-order valence-electron chi connectivity index (χ2n) is 6.04. The minimum Gasteiger partial charge on any atom is -0.353 e. The molecule has 2 aromatic carbocycles. The van der Waals surface area contributed by atoms with E-state index < -0.39 is 0 Å². The van der Waals surface area contributed by atoms with E-state index in [0.29, 0.717) is 21.7 Å². The Morgan fingerprint density at radius 3 is 2.44 bits per heavy atom. The number of anilines is 2. The first-order valence-electron chi connectivity index (χ1n) is 8.06. The third kappa shape index (κ3) is 5.73. The zero-order chi connectivity index (χ0) is 18.4. The van der Waals surface area contributed by atoms with E-state index in [1.165, 1.54) is 5.56 Å². The van der Waals surface area contributed by atoms with Gasteiger partial charge < -0.3 is 16.0 Å². The van der Waals surface area contributed by atoms with Gasteiger partial charge >= 0.3 is 0 Å². The summed E-state index contributed by atoms with van der Waals surface area (Å²) in [5, 5.41) is 9.80. The SMILES string of the molecule is Cc1c(Cl)cccc1NC(=O)CNC(=S)Nc1ccc(C(C)C)cc1. The van der Waals surface area contributed by atoms with E-state index in [1.54, 1.807) is 12.1 Å². The van der Waals surface area contributed by atoms with Crippen LogP contribution in [0.15, 0.2) is 42.5 Å². The largest absolute Gasteiger partial charge is 0.353 e. The van der Waals surface area contributed by atoms with Gasteiger partial charge in [0.05, 0.1) is 6.54 Å². The zero-order valence-corrected chi connectivity index (χ0v) is 16.1. The van der Waals surface area contributed by atoms with Gasteiger partial charge in [-0.2, -0.15) is 0 Å². The number of thiocarbonyl (C=S) groups is 1. The highest BCUT2D eigenvalue weighted by atomic mass is 35.5. The lowest BCUT2D eigenvalue weighted by Gasteiger charge is -2.13. The normalized spacial score (nSPS) is 10.4. The van der Waals surface area contributed by atoms with E-state index in [9.17, 15) is 4.79 Å². The van der Waals surface area contributed by atoms with Gasteiger partial charge in [0.25, 0.3) is 0 Å². The molecule has 2 rings (SSSR count). The smallest absolute Gasteiger partial charge is 0.243 e. The Balaban J connectivity index is 1.83. The summed E-state index contributed by atoms with van der Waals surface area (Å²) >= 11 is 11.3. The minimum atomic E-state index is -0.190. The van der Waals surface area contributed by atoms with Crippen LogP contribution in [0.25, 0.3) is 0 Å². The standard InChI is InChI=1S/C19H22ClN3OS/c1-12(2)14-7-9-15(10-8-14)22-19(25)21-11-18(24)23-17-6-4-5-16(20)13(17)3/h4-10,12H,11H2,1-3H3,(H,23,24)(H2,21,22,25). The molecular formula is C19H22ClN3OS. The molecule has 25 heavy (non-hydrogen) atoms. The number of hydrogen-bond donors (Lipinski definition) is 3. The Morgan fingerprint density at radius 2 is 1.80 bits per heavy atom. The molecule has 6 heteroatoms. The number of halogens is 1. The number of rotatable bonds is 5. The van der Waals surface area contributed by atoms with Crippen molar-refractivity contribution >= 4 is 46.2 Å². The van der Waals surface area contributed by atoms with Gasteiger partial charge in [-0.15, -0.1) is 0 Å². The first-order valence-corrected chi connectivity index (χ1v) is 8.85. The molecule has 3 N–H and O–H groups in total. The van der Waals surface area contributed by atoms with Crippen molar-refractivity contribution in [2.75, 3.05) is 17.2 Å². The summed E-state index contributed by atoms with van der Waals surface area (Å²) in [6, 6.07) is 13.5. The van der Waals surface area contributed by atoms with Gasteiger partial charge in [-0.05, 0) is 60.5 Å². The van der Waals surface area contributed by atoms with E-state index in [2.05, 4.69) is 41.9 Å². The van der Waals surface area contributed by atoms with E-state index in [1.807, 2.05) is 25.1 Å². The highest BCUT2D eigenvalue weighted by Gasteiger charge is 2.07. The van der Waals surface area contributed by atoms with E-state index >= 15 is 0 Å². The van der Waals surface area contributed by atoms with Crippen LogP contribution in [0.3, 0.4) is 0 Å². The van der Waals surface area contributed by atoms with Crippen LogP contribution in [0.2, 0.25) is 5.02 Å². The first-order chi connectivity index (χ1) is 11.9. The van der Waals surface area contributed by atoms with Crippen LogP contribution in [-0.2, 0) is 4.79 Å². The van der Waals surface area contributed by atoms with Gasteiger partial charge in [-0.1, -0.05) is 43.6 Å². The van der Waals surface area contributed by atoms with Gasteiger partial charge in [-0.3, -0.25) is 4.79 Å². The average Bonchev–Trinajstić information content (AvgIpc) is 2.58. The maximum absolute atomic E-state index is 12.0. The third-order valence-electron chi connectivity index (χ3n) is 3.79. The van der Waals surface area contributed by atoms with Crippen LogP contribution >= 0.6 is 23.8 Å². The van der Waals surface area contributed by atoms with Crippen molar-refractivity contribution in [3.63, 3.8) is 0 Å². The average molecular weight is 376 g/mol. The lowest BCUT2D eigenvalue weighted by molar-refractivity contribution is -0.115. The minimum absolute atomic E-state index is 0.0713. The molecule has 0 spiro atoms. The predicted molar refractivity (Wildman–Crippen MR) is 110 cm³/mol. The zero-order valence-electron chi connectivity index (χ0n) is 14.5. The monoisotopic (exact) mass is 375 g/mol. The van der Waals surface area contributed by atoms with Crippen molar-refractivity contribution in [2.45, 2.75) is 26.7 Å². The molecule has 0 saturated heterocycles. The molecule has 0 aliphatic carbocycles. The number of carbonyl (C=O) groups is 1. The molecule has 4 nitrogen and oxygen atoms in total. The van der Waals surface area contributed by atoms with E-state index in [-0.39, 0.29) is 12.5 Å². The maximum Gasteiger partial charge on any atom is 0.243 e. The van der Waals surface area contributed by atoms with Gasteiger partial charge in [-0.25, -0.2) is 0 Å². The summed E-state index contributed by atoms with van der Waals surface area (Å²) in [7, 11) is 0. The number of benzene rings is 2. The Morgan fingerprint density at radius 1 is 1.12 bits per heavy atom.